The molecule has 0 atom stereocenters. The van der Waals surface area contributed by atoms with Crippen LogP contribution in [0.15, 0.2) is 54.9 Å². The zero-order chi connectivity index (χ0) is 20.6. The average Bonchev–Trinajstić information content (AvgIpc) is 2.74. The Morgan fingerprint density at radius 2 is 1.72 bits per heavy atom. The molecule has 0 bridgehead atoms. The lowest BCUT2D eigenvalue weighted by Gasteiger charge is -2.11. The maximum Gasteiger partial charge on any atom is 0.258 e. The Hall–Kier alpha value is -3.61. The summed E-state index contributed by atoms with van der Waals surface area (Å²) in [5.41, 5.74) is 3.10. The van der Waals surface area contributed by atoms with E-state index in [4.69, 9.17) is 9.47 Å². The van der Waals surface area contributed by atoms with Crippen LogP contribution in [0.5, 0.6) is 11.5 Å². The molecule has 1 amide bonds. The van der Waals surface area contributed by atoms with Gasteiger partial charge < -0.3 is 20.1 Å². The molecule has 0 aliphatic heterocycles. The van der Waals surface area contributed by atoms with Gasteiger partial charge in [0.15, 0.2) is 0 Å². The molecule has 0 saturated heterocycles. The van der Waals surface area contributed by atoms with Crippen LogP contribution in [-0.2, 0) is 6.42 Å². The molecule has 7 nitrogen and oxygen atoms in total. The summed E-state index contributed by atoms with van der Waals surface area (Å²) < 4.78 is 10.6. The number of rotatable bonds is 8. The summed E-state index contributed by atoms with van der Waals surface area (Å²) in [4.78, 5) is 21.0. The first-order valence-corrected chi connectivity index (χ1v) is 9.24. The number of aromatic nitrogens is 2. The second kappa shape index (κ2) is 9.54. The van der Waals surface area contributed by atoms with Crippen LogP contribution in [0.4, 0.5) is 11.6 Å². The third kappa shape index (κ3) is 5.22. The maximum absolute atomic E-state index is 12.5. The van der Waals surface area contributed by atoms with Gasteiger partial charge in [0.1, 0.15) is 11.5 Å². The zero-order valence-electron chi connectivity index (χ0n) is 16.7. The molecule has 1 aromatic heterocycles. The highest BCUT2D eigenvalue weighted by molar-refractivity contribution is 6.04. The molecule has 3 rings (SSSR count). The third-order valence-corrected chi connectivity index (χ3v) is 4.39. The van der Waals surface area contributed by atoms with Crippen LogP contribution in [0.1, 0.15) is 21.5 Å². The predicted molar refractivity (Wildman–Crippen MR) is 113 cm³/mol. The van der Waals surface area contributed by atoms with Crippen molar-refractivity contribution >= 4 is 17.5 Å². The van der Waals surface area contributed by atoms with Crippen LogP contribution in [0, 0.1) is 6.92 Å². The van der Waals surface area contributed by atoms with E-state index >= 15 is 0 Å². The number of aryl methyl sites for hydroxylation is 1. The van der Waals surface area contributed by atoms with Crippen molar-refractivity contribution < 1.29 is 14.3 Å². The highest BCUT2D eigenvalue weighted by atomic mass is 16.5. The van der Waals surface area contributed by atoms with Gasteiger partial charge in [-0.3, -0.25) is 4.79 Å². The Labute approximate surface area is 170 Å². The summed E-state index contributed by atoms with van der Waals surface area (Å²) >= 11 is 0. The normalized spacial score (nSPS) is 10.3. The molecule has 0 radical (unpaired) electrons. The highest BCUT2D eigenvalue weighted by Gasteiger charge is 2.11. The van der Waals surface area contributed by atoms with Crippen molar-refractivity contribution in [3.8, 4) is 11.5 Å². The number of methoxy groups -OCH3 is 2. The van der Waals surface area contributed by atoms with Crippen molar-refractivity contribution in [3.05, 3.63) is 71.5 Å². The SMILES string of the molecule is COc1ccccc1CCNc1ncc(C(=O)Nc2cc(C)ccc2OC)cn1. The van der Waals surface area contributed by atoms with E-state index in [2.05, 4.69) is 20.6 Å². The van der Waals surface area contributed by atoms with Gasteiger partial charge in [-0.25, -0.2) is 9.97 Å². The van der Waals surface area contributed by atoms with Gasteiger partial charge in [-0.15, -0.1) is 0 Å². The summed E-state index contributed by atoms with van der Waals surface area (Å²) in [5, 5.41) is 5.99. The molecule has 0 spiro atoms. The Bertz CT molecular complexity index is 974. The summed E-state index contributed by atoms with van der Waals surface area (Å²) in [6.45, 7) is 2.59. The molecule has 0 aliphatic rings. The van der Waals surface area contributed by atoms with Gasteiger partial charge >= 0.3 is 0 Å². The third-order valence-electron chi connectivity index (χ3n) is 4.39. The van der Waals surface area contributed by atoms with Crippen molar-refractivity contribution in [2.45, 2.75) is 13.3 Å². The molecule has 1 heterocycles. The van der Waals surface area contributed by atoms with E-state index in [9.17, 15) is 4.79 Å². The van der Waals surface area contributed by atoms with Crippen LogP contribution in [0.25, 0.3) is 0 Å². The Kier molecular flexibility index (Phi) is 6.63. The van der Waals surface area contributed by atoms with Gasteiger partial charge in [0.25, 0.3) is 5.91 Å². The molecule has 150 valence electrons. The molecule has 2 N–H and O–H groups in total. The number of amides is 1. The van der Waals surface area contributed by atoms with Gasteiger partial charge in [0.2, 0.25) is 5.95 Å². The number of hydrogen-bond acceptors (Lipinski definition) is 6. The summed E-state index contributed by atoms with van der Waals surface area (Å²) in [5.74, 6) is 1.62. The highest BCUT2D eigenvalue weighted by Crippen LogP contribution is 2.25. The quantitative estimate of drug-likeness (QED) is 0.608. The van der Waals surface area contributed by atoms with E-state index in [1.807, 2.05) is 49.4 Å². The first-order valence-electron chi connectivity index (χ1n) is 9.24. The van der Waals surface area contributed by atoms with E-state index in [1.165, 1.54) is 12.4 Å². The van der Waals surface area contributed by atoms with E-state index in [0.29, 0.717) is 29.5 Å². The van der Waals surface area contributed by atoms with Crippen molar-refractivity contribution in [2.24, 2.45) is 0 Å². The molecular formula is C22H24N4O3. The lowest BCUT2D eigenvalue weighted by Crippen LogP contribution is -2.14. The average molecular weight is 392 g/mol. The first-order chi connectivity index (χ1) is 14.1. The predicted octanol–water partition coefficient (Wildman–Crippen LogP) is 3.71. The van der Waals surface area contributed by atoms with Crippen LogP contribution >= 0.6 is 0 Å². The van der Waals surface area contributed by atoms with Gasteiger partial charge in [0, 0.05) is 18.9 Å². The summed E-state index contributed by atoms with van der Waals surface area (Å²) in [7, 11) is 3.22. The van der Waals surface area contributed by atoms with E-state index in [0.717, 1.165) is 23.3 Å². The minimum atomic E-state index is -0.297. The number of nitrogens with zero attached hydrogens (tertiary/aromatic N) is 2. The van der Waals surface area contributed by atoms with Gasteiger partial charge in [-0.05, 0) is 42.7 Å². The van der Waals surface area contributed by atoms with Crippen LogP contribution in [0.3, 0.4) is 0 Å². The molecule has 3 aromatic rings. The monoisotopic (exact) mass is 392 g/mol. The van der Waals surface area contributed by atoms with Crippen molar-refractivity contribution in [1.29, 1.82) is 0 Å². The van der Waals surface area contributed by atoms with Gasteiger partial charge in [-0.1, -0.05) is 24.3 Å². The number of anilines is 2. The van der Waals surface area contributed by atoms with E-state index in [1.54, 1.807) is 14.2 Å². The van der Waals surface area contributed by atoms with Crippen LogP contribution < -0.4 is 20.1 Å². The molecule has 0 aliphatic carbocycles. The summed E-state index contributed by atoms with van der Waals surface area (Å²) in [6.07, 6.45) is 3.76. The lowest BCUT2D eigenvalue weighted by molar-refractivity contribution is 0.102. The molecule has 0 saturated carbocycles. The lowest BCUT2D eigenvalue weighted by atomic mass is 10.1. The van der Waals surface area contributed by atoms with Crippen molar-refractivity contribution in [3.63, 3.8) is 0 Å². The number of ether oxygens (including phenoxy) is 2. The minimum Gasteiger partial charge on any atom is -0.496 e. The number of carbonyl (C=O) groups is 1. The molecule has 0 fully saturated rings. The molecule has 29 heavy (non-hydrogen) atoms. The summed E-state index contributed by atoms with van der Waals surface area (Å²) in [6, 6.07) is 13.5. The Morgan fingerprint density at radius 3 is 2.45 bits per heavy atom. The first kappa shape index (κ1) is 20.1. The van der Waals surface area contributed by atoms with Crippen molar-refractivity contribution in [2.75, 3.05) is 31.4 Å². The Morgan fingerprint density at radius 1 is 1.00 bits per heavy atom. The fraction of sp³-hybridized carbons (Fsp3) is 0.227. The van der Waals surface area contributed by atoms with Crippen LogP contribution in [-0.4, -0.2) is 36.6 Å². The number of carbonyl (C=O) groups excluding carboxylic acids is 1. The van der Waals surface area contributed by atoms with Crippen LogP contribution in [0.2, 0.25) is 0 Å². The second-order valence-electron chi connectivity index (χ2n) is 6.44. The second-order valence-corrected chi connectivity index (χ2v) is 6.44. The van der Waals surface area contributed by atoms with E-state index < -0.39 is 0 Å². The number of nitrogens with one attached hydrogen (secondary N) is 2. The number of benzene rings is 2. The molecule has 0 unspecified atom stereocenters. The zero-order valence-corrected chi connectivity index (χ0v) is 16.7. The maximum atomic E-state index is 12.5. The molecular weight excluding hydrogens is 368 g/mol. The standard InChI is InChI=1S/C22H24N4O3/c1-15-8-9-20(29-3)18(12-15)26-21(27)17-13-24-22(25-14-17)23-11-10-16-6-4-5-7-19(16)28-2/h4-9,12-14H,10-11H2,1-3H3,(H,26,27)(H,23,24,25). The van der Waals surface area contributed by atoms with Crippen molar-refractivity contribution in [1.82, 2.24) is 9.97 Å². The fourth-order valence-electron chi connectivity index (χ4n) is 2.87. The fourth-order valence-corrected chi connectivity index (χ4v) is 2.87. The van der Waals surface area contributed by atoms with E-state index in [-0.39, 0.29) is 5.91 Å². The minimum absolute atomic E-state index is 0.297. The number of para-hydroxylation sites is 1. The van der Waals surface area contributed by atoms with Gasteiger partial charge in [-0.2, -0.15) is 0 Å². The molecule has 7 heteroatoms. The smallest absolute Gasteiger partial charge is 0.258 e. The topological polar surface area (TPSA) is 85.4 Å². The Balaban J connectivity index is 1.58. The molecule has 2 aromatic carbocycles. The van der Waals surface area contributed by atoms with Gasteiger partial charge in [0.05, 0.1) is 25.5 Å². The largest absolute Gasteiger partial charge is 0.496 e. The number of hydrogen-bond donors (Lipinski definition) is 2.